The fourth-order valence-electron chi connectivity index (χ4n) is 15.2. The Morgan fingerprint density at radius 2 is 1.38 bits per heavy atom. The molecule has 5 aliphatic rings. The maximum absolute atomic E-state index is 14.6. The number of phenols is 1. The number of thioether (sulfide) groups is 1. The molecule has 6 aromatic rings. The third-order valence-corrected chi connectivity index (χ3v) is 23.5. The number of likely N-dealkylation sites (N-methyl/N-ethyl adjacent to an activating group) is 1. The minimum absolute atomic E-state index is 0.0552. The average Bonchev–Trinajstić information content (AvgIpc) is 1.57. The van der Waals surface area contributed by atoms with Gasteiger partial charge in [-0.05, 0) is 131 Å². The summed E-state index contributed by atoms with van der Waals surface area (Å²) in [6, 6.07) is 27.9. The van der Waals surface area contributed by atoms with Crippen LogP contribution in [0.4, 0.5) is 10.5 Å². The number of nitrogens with zero attached hydrogens (tertiary/aromatic N) is 9. The maximum Gasteiger partial charge on any atom is 0.409 e. The van der Waals surface area contributed by atoms with Crippen molar-refractivity contribution < 1.29 is 77.0 Å². The number of anilines is 1. The number of hydrazine groups is 1. The molecule has 0 radical (unpaired) electrons. The number of alkyl carbamates (subject to hydrolysis) is 1. The number of aromatic hydroxyl groups is 1. The van der Waals surface area contributed by atoms with Crippen molar-refractivity contribution in [1.29, 1.82) is 0 Å². The zero-order chi connectivity index (χ0) is 80.7. The molecule has 8 heterocycles. The van der Waals surface area contributed by atoms with E-state index in [1.165, 1.54) is 61.8 Å². The maximum atomic E-state index is 14.6. The van der Waals surface area contributed by atoms with Gasteiger partial charge >= 0.3 is 18.0 Å². The van der Waals surface area contributed by atoms with Crippen LogP contribution in [0.25, 0.3) is 0 Å². The highest BCUT2D eigenvalue weighted by atomic mass is 35.5. The summed E-state index contributed by atoms with van der Waals surface area (Å²) >= 11 is 8.06. The van der Waals surface area contributed by atoms with Crippen LogP contribution in [0.1, 0.15) is 124 Å². The van der Waals surface area contributed by atoms with E-state index >= 15 is 0 Å². The predicted molar refractivity (Wildman–Crippen MR) is 420 cm³/mol. The number of likely N-dealkylation sites (tertiary alicyclic amines) is 1. The van der Waals surface area contributed by atoms with Gasteiger partial charge in [0.2, 0.25) is 29.5 Å². The molecule has 3 unspecified atom stereocenters. The minimum atomic E-state index is -1.91. The lowest BCUT2D eigenvalue weighted by Gasteiger charge is -2.42. The van der Waals surface area contributed by atoms with E-state index in [9.17, 15) is 48.6 Å². The van der Waals surface area contributed by atoms with Crippen molar-refractivity contribution in [3.05, 3.63) is 196 Å². The monoisotopic (exact) mass is 1590 g/mol. The third-order valence-electron chi connectivity index (χ3n) is 21.9. The van der Waals surface area contributed by atoms with Gasteiger partial charge in [-0.25, -0.2) is 15.0 Å². The van der Waals surface area contributed by atoms with Crippen LogP contribution in [0.15, 0.2) is 146 Å². The highest BCUT2D eigenvalue weighted by Crippen LogP contribution is 2.50. The molecule has 11 rings (SSSR count). The topological polar surface area (TPSA) is 340 Å². The summed E-state index contributed by atoms with van der Waals surface area (Å²) in [6.45, 7) is 9.26. The van der Waals surface area contributed by atoms with E-state index < -0.39 is 101 Å². The molecule has 4 fully saturated rings. The number of amides is 6. The molecule has 2 aromatic carbocycles. The number of aliphatic hydroxyl groups is 1. The number of rotatable bonds is 29. The van der Waals surface area contributed by atoms with Crippen molar-refractivity contribution in [1.82, 2.24) is 55.7 Å². The van der Waals surface area contributed by atoms with Crippen molar-refractivity contribution >= 4 is 76.6 Å². The number of methoxy groups -OCH3 is 3. The Kier molecular flexibility index (Phi) is 28.6. The number of hydrogen-bond acceptors (Lipinski definition) is 24. The Balaban J connectivity index is 0.693. The van der Waals surface area contributed by atoms with Crippen LogP contribution in [0.3, 0.4) is 0 Å². The predicted octanol–water partition coefficient (Wildman–Crippen LogP) is 8.67. The van der Waals surface area contributed by atoms with Gasteiger partial charge in [0.25, 0.3) is 0 Å². The lowest BCUT2D eigenvalue weighted by Crippen LogP contribution is -2.63. The number of epoxide rings is 1. The molecule has 28 nitrogen and oxygen atoms in total. The first-order valence-electron chi connectivity index (χ1n) is 38.0. The first-order valence-corrected chi connectivity index (χ1v) is 39.5. The van der Waals surface area contributed by atoms with Gasteiger partial charge in [0.1, 0.15) is 52.5 Å². The number of pyridine rings is 4. The van der Waals surface area contributed by atoms with Crippen LogP contribution in [0.5, 0.6) is 11.5 Å². The van der Waals surface area contributed by atoms with Crippen LogP contribution in [-0.2, 0) is 109 Å². The lowest BCUT2D eigenvalue weighted by atomic mass is 9.81. The van der Waals surface area contributed by atoms with Crippen molar-refractivity contribution in [2.24, 2.45) is 17.8 Å². The lowest BCUT2D eigenvalue weighted by molar-refractivity contribution is -0.162. The highest BCUT2D eigenvalue weighted by molar-refractivity contribution is 8.00. The van der Waals surface area contributed by atoms with Gasteiger partial charge in [0.05, 0.1) is 60.5 Å². The SMILES string of the molecule is COC(=O)C(Cc1cc(CN(Cc2ccccn2)Cc2ccccn2)c(O)c(CN(Cc2ccccn2)Cc2ccccn2)c1)NNC(=O)C1CCC(CN2C(=O)CC(SCCC(=O)N(C)[C@@H](C)C(=O)O[C@H]3CC(=O)N(C)c4cc(cc(OC)c4Cl)C/C(C)=C/C=C/[C@@H](OC)[C@@]4(O)C[C@H](OC(=O)N4)[C@@H](C)[C@@H]4OC34C)C2=O)CC1. The van der Waals surface area contributed by atoms with Gasteiger partial charge < -0.3 is 48.4 Å². The first kappa shape index (κ1) is 84.2. The number of hydrogen-bond donors (Lipinski definition) is 5. The number of aromatic nitrogens is 4. The zero-order valence-corrected chi connectivity index (χ0v) is 66.8. The number of allylic oxidation sites excluding steroid dienone is 3. The van der Waals surface area contributed by atoms with Crippen LogP contribution in [-0.4, -0.2) is 198 Å². The van der Waals surface area contributed by atoms with E-state index in [1.807, 2.05) is 97.9 Å². The number of carbonyl (C=O) groups is 8. The van der Waals surface area contributed by atoms with Crippen molar-refractivity contribution in [3.63, 3.8) is 0 Å². The molecular formula is C83H101ClN12O16S. The van der Waals surface area contributed by atoms with Gasteiger partial charge in [0, 0.05) is 146 Å². The molecule has 602 valence electrons. The number of phenolic OH excluding ortho intramolecular Hbond substituents is 1. The Labute approximate surface area is 667 Å². The van der Waals surface area contributed by atoms with E-state index in [1.54, 1.807) is 70.0 Å². The summed E-state index contributed by atoms with van der Waals surface area (Å²) in [5.74, 6) is -4.12. The number of ether oxygens (including phenoxy) is 6. The van der Waals surface area contributed by atoms with Gasteiger partial charge in [-0.15, -0.1) is 11.8 Å². The van der Waals surface area contributed by atoms with Crippen molar-refractivity contribution in [2.45, 2.75) is 184 Å². The largest absolute Gasteiger partial charge is 0.507 e. The van der Waals surface area contributed by atoms with Gasteiger partial charge in [-0.2, -0.15) is 0 Å². The Bertz CT molecular complexity index is 4220. The number of imide groups is 1. The molecule has 113 heavy (non-hydrogen) atoms. The molecule has 30 heteroatoms. The Hall–Kier alpha value is -9.72. The molecule has 10 atom stereocenters. The summed E-state index contributed by atoms with van der Waals surface area (Å²) < 4.78 is 35.0. The van der Waals surface area contributed by atoms with E-state index in [4.69, 9.17) is 40.0 Å². The second kappa shape index (κ2) is 38.4. The molecule has 1 aliphatic carbocycles. The van der Waals surface area contributed by atoms with Crippen LogP contribution in [0, 0.1) is 17.8 Å². The minimum Gasteiger partial charge on any atom is -0.507 e. The zero-order valence-electron chi connectivity index (χ0n) is 65.2. The molecule has 4 aliphatic heterocycles. The summed E-state index contributed by atoms with van der Waals surface area (Å²) in [5.41, 5.74) is 9.65. The summed E-state index contributed by atoms with van der Waals surface area (Å²) in [4.78, 5) is 138. The smallest absolute Gasteiger partial charge is 0.409 e. The molecule has 0 spiro atoms. The number of carbonyl (C=O) groups excluding carboxylic acids is 8. The second-order valence-electron chi connectivity index (χ2n) is 30.0. The van der Waals surface area contributed by atoms with Crippen LogP contribution in [0.2, 0.25) is 5.02 Å². The second-order valence-corrected chi connectivity index (χ2v) is 31.7. The molecule has 4 bridgehead atoms. The van der Waals surface area contributed by atoms with E-state index in [2.05, 4.69) is 45.9 Å². The fraction of sp³-hybridized carbons (Fsp3) is 0.470. The number of nitrogens with one attached hydrogen (secondary N) is 3. The average molecular weight is 1590 g/mol. The number of fused-ring (bicyclic) bond motifs is 5. The van der Waals surface area contributed by atoms with E-state index in [0.29, 0.717) is 86.4 Å². The fourth-order valence-corrected chi connectivity index (χ4v) is 16.7. The molecule has 5 N–H and O–H groups in total. The summed E-state index contributed by atoms with van der Waals surface area (Å²) in [6.07, 6.45) is 8.97. The van der Waals surface area contributed by atoms with Crippen molar-refractivity contribution in [3.8, 4) is 11.5 Å². The van der Waals surface area contributed by atoms with Gasteiger partial charge in [-0.1, -0.05) is 78.7 Å². The number of halogens is 1. The quantitative estimate of drug-likeness (QED) is 0.00963. The normalized spacial score (nSPS) is 24.6. The summed E-state index contributed by atoms with van der Waals surface area (Å²) in [5, 5.41) is 26.3. The molecule has 1 saturated carbocycles. The number of esters is 2. The Morgan fingerprint density at radius 3 is 1.92 bits per heavy atom. The molecule has 4 aromatic heterocycles. The standard InChI is InChI=1S/C83H101ClN12O16S/c1-51-19-18-24-69(108-8)83(106)43-67(110-81(105)89-83)52(2)76-82(4,112-76)70(42-72(98)93(6)65-39-55(35-51)40-66(107-7)74(65)84)111-79(103)53(3)92(5)71(97)29-34-113-68-41-73(99)96(78(68)102)44-54-25-27-57(28-26-54)77(101)91-90-64(80(104)109-9)38-56-36-58(45-94(47-60-20-10-14-30-85-60)48-61-21-11-15-31-86-61)75(100)59(37-56)46-95(49-62-22-12-16-32-87-62)50-63-23-13-17-33-88-63/h10-24,30-33,36-37,39-40,52-54,57,64,67-70,76,90,100,106H,25-29,34-35,38,41-50H2,1-9H3,(H,89,105)(H,91,101)/b24-18+,51-19+/t52-,53+,54?,57?,64?,67+,68?,69-,70+,76+,82?,83+/m1/s1. The first-order chi connectivity index (χ1) is 54.2. The van der Waals surface area contributed by atoms with Crippen LogP contribution >= 0.6 is 23.4 Å². The van der Waals surface area contributed by atoms with Gasteiger partial charge in [-0.3, -0.25) is 74.1 Å². The highest BCUT2D eigenvalue weighted by Gasteiger charge is 2.65. The van der Waals surface area contributed by atoms with Gasteiger partial charge in [0.15, 0.2) is 5.72 Å². The Morgan fingerprint density at radius 1 is 0.796 bits per heavy atom. The molecule has 6 amide bonds. The van der Waals surface area contributed by atoms with Crippen molar-refractivity contribution in [2.75, 3.05) is 52.6 Å². The summed E-state index contributed by atoms with van der Waals surface area (Å²) in [7, 11) is 7.14. The van der Waals surface area contributed by atoms with Crippen LogP contribution < -0.4 is 25.8 Å². The third kappa shape index (κ3) is 21.6. The molecule has 3 saturated heterocycles. The molecular weight excluding hydrogens is 1490 g/mol. The van der Waals surface area contributed by atoms with E-state index in [-0.39, 0.29) is 85.5 Å². The van der Waals surface area contributed by atoms with E-state index in [0.717, 1.165) is 33.9 Å². The number of benzene rings is 2.